The number of nitrogens with two attached hydrogens (primary N) is 2. The molecule has 1 aromatic carbocycles. The van der Waals surface area contributed by atoms with Gasteiger partial charge in [-0.3, -0.25) is 24.0 Å². The lowest BCUT2D eigenvalue weighted by Gasteiger charge is -2.27. The highest BCUT2D eigenvalue weighted by Gasteiger charge is 2.33. The Bertz CT molecular complexity index is 923. The van der Waals surface area contributed by atoms with Crippen LogP contribution >= 0.6 is 0 Å². The average molecular weight is 520 g/mol. The highest BCUT2D eigenvalue weighted by Crippen LogP contribution is 2.11. The minimum absolute atomic E-state index is 0.00225. The van der Waals surface area contributed by atoms with Crippen LogP contribution in [0.3, 0.4) is 0 Å². The number of esters is 1. The highest BCUT2D eigenvalue weighted by molar-refractivity contribution is 5.96. The molecule has 0 aliphatic heterocycles. The average Bonchev–Trinajstić information content (AvgIpc) is 2.84. The Morgan fingerprint density at radius 3 is 2.05 bits per heavy atom. The van der Waals surface area contributed by atoms with E-state index in [0.29, 0.717) is 12.8 Å². The summed E-state index contributed by atoms with van der Waals surface area (Å²) in [6, 6.07) is 4.79. The van der Waals surface area contributed by atoms with Crippen LogP contribution < -0.4 is 27.4 Å². The standard InChI is InChI=1S/C26H41N5O6/c1-6-16(4)22(26(36)29-17(5)23(28)33)31-25(35)20(30-24(34)19(27)12-15(2)3)13-21(32)37-14-18-10-8-7-9-11-18/h7-11,15-17,19-20,22H,6,12-14,27H2,1-5H3,(H2,28,33)(H,29,36)(H,30,34)(H,31,35)/t16-,17-,19+,20+,22-/m0/s1. The molecule has 0 bridgehead atoms. The number of nitrogens with one attached hydrogen (secondary N) is 3. The van der Waals surface area contributed by atoms with Crippen molar-refractivity contribution in [3.63, 3.8) is 0 Å². The molecule has 0 spiro atoms. The molecule has 1 rings (SSSR count). The van der Waals surface area contributed by atoms with Gasteiger partial charge in [-0.15, -0.1) is 0 Å². The Morgan fingerprint density at radius 1 is 0.892 bits per heavy atom. The third-order valence-corrected chi connectivity index (χ3v) is 5.89. The Hall–Kier alpha value is -3.47. The summed E-state index contributed by atoms with van der Waals surface area (Å²) in [7, 11) is 0. The Balaban J connectivity index is 3.04. The Labute approximate surface area is 218 Å². The van der Waals surface area contributed by atoms with Crippen molar-refractivity contribution in [1.82, 2.24) is 16.0 Å². The highest BCUT2D eigenvalue weighted by atomic mass is 16.5. The van der Waals surface area contributed by atoms with E-state index >= 15 is 0 Å². The SMILES string of the molecule is CC[C@H](C)[C@H](NC(=O)[C@@H](CC(=O)OCc1ccccc1)NC(=O)[C@H](N)CC(C)C)C(=O)N[C@@H](C)C(N)=O. The number of rotatable bonds is 15. The van der Waals surface area contributed by atoms with Gasteiger partial charge in [-0.1, -0.05) is 64.4 Å². The molecule has 206 valence electrons. The first-order chi connectivity index (χ1) is 17.3. The molecule has 0 unspecified atom stereocenters. The smallest absolute Gasteiger partial charge is 0.308 e. The van der Waals surface area contributed by atoms with Gasteiger partial charge >= 0.3 is 5.97 Å². The molecule has 0 aliphatic carbocycles. The van der Waals surface area contributed by atoms with E-state index in [2.05, 4.69) is 16.0 Å². The molecule has 0 heterocycles. The summed E-state index contributed by atoms with van der Waals surface area (Å²) in [5, 5.41) is 7.61. The van der Waals surface area contributed by atoms with Crippen molar-refractivity contribution in [1.29, 1.82) is 0 Å². The zero-order valence-electron chi connectivity index (χ0n) is 22.3. The van der Waals surface area contributed by atoms with E-state index in [1.54, 1.807) is 31.2 Å². The first-order valence-electron chi connectivity index (χ1n) is 12.5. The second-order valence-electron chi connectivity index (χ2n) is 9.65. The molecule has 7 N–H and O–H groups in total. The topological polar surface area (TPSA) is 183 Å². The van der Waals surface area contributed by atoms with Gasteiger partial charge in [-0.05, 0) is 30.7 Å². The first kappa shape index (κ1) is 31.6. The first-order valence-corrected chi connectivity index (χ1v) is 12.5. The van der Waals surface area contributed by atoms with Crippen LogP contribution in [0, 0.1) is 11.8 Å². The predicted octanol–water partition coefficient (Wildman–Crippen LogP) is 0.499. The minimum Gasteiger partial charge on any atom is -0.461 e. The number of carbonyl (C=O) groups is 5. The monoisotopic (exact) mass is 519 g/mol. The molecule has 0 aromatic heterocycles. The maximum absolute atomic E-state index is 13.2. The lowest BCUT2D eigenvalue weighted by molar-refractivity contribution is -0.147. The van der Waals surface area contributed by atoms with Crippen molar-refractivity contribution >= 4 is 29.6 Å². The van der Waals surface area contributed by atoms with Crippen LogP contribution in [0.25, 0.3) is 0 Å². The van der Waals surface area contributed by atoms with Gasteiger partial charge < -0.3 is 32.2 Å². The molecule has 5 atom stereocenters. The molecule has 37 heavy (non-hydrogen) atoms. The third-order valence-electron chi connectivity index (χ3n) is 5.89. The van der Waals surface area contributed by atoms with E-state index in [4.69, 9.17) is 16.2 Å². The van der Waals surface area contributed by atoms with Crippen molar-refractivity contribution in [3.05, 3.63) is 35.9 Å². The normalized spacial score (nSPS) is 15.0. The van der Waals surface area contributed by atoms with E-state index in [-0.39, 0.29) is 18.4 Å². The van der Waals surface area contributed by atoms with E-state index in [1.807, 2.05) is 26.8 Å². The molecule has 0 radical (unpaired) electrons. The van der Waals surface area contributed by atoms with Gasteiger partial charge in [-0.2, -0.15) is 0 Å². The van der Waals surface area contributed by atoms with E-state index in [9.17, 15) is 24.0 Å². The number of hydrogen-bond acceptors (Lipinski definition) is 7. The molecular formula is C26H41N5O6. The largest absolute Gasteiger partial charge is 0.461 e. The molecule has 4 amide bonds. The fourth-order valence-electron chi connectivity index (χ4n) is 3.40. The molecule has 11 nitrogen and oxygen atoms in total. The van der Waals surface area contributed by atoms with E-state index in [0.717, 1.165) is 5.56 Å². The maximum Gasteiger partial charge on any atom is 0.308 e. The lowest BCUT2D eigenvalue weighted by Crippen LogP contribution is -2.59. The summed E-state index contributed by atoms with van der Waals surface area (Å²) >= 11 is 0. The summed E-state index contributed by atoms with van der Waals surface area (Å²) in [4.78, 5) is 62.7. The zero-order valence-corrected chi connectivity index (χ0v) is 22.3. The fraction of sp³-hybridized carbons (Fsp3) is 0.577. The van der Waals surface area contributed by atoms with Crippen LogP contribution in [0.4, 0.5) is 0 Å². The van der Waals surface area contributed by atoms with Crippen molar-refractivity contribution in [2.45, 2.75) is 84.7 Å². The van der Waals surface area contributed by atoms with Gasteiger partial charge in [0.1, 0.15) is 24.7 Å². The number of benzene rings is 1. The van der Waals surface area contributed by atoms with Crippen LogP contribution in [0.2, 0.25) is 0 Å². The number of primary amides is 1. The number of hydrogen-bond donors (Lipinski definition) is 5. The van der Waals surface area contributed by atoms with Crippen molar-refractivity contribution in [3.8, 4) is 0 Å². The molecular weight excluding hydrogens is 478 g/mol. The van der Waals surface area contributed by atoms with Gasteiger partial charge in [0.05, 0.1) is 12.5 Å². The molecule has 1 aromatic rings. The number of amides is 4. The van der Waals surface area contributed by atoms with Gasteiger partial charge in [0.15, 0.2) is 0 Å². The Kier molecular flexibility index (Phi) is 13.3. The number of ether oxygens (including phenoxy) is 1. The Morgan fingerprint density at radius 2 is 1.51 bits per heavy atom. The third kappa shape index (κ3) is 11.4. The van der Waals surface area contributed by atoms with E-state index in [1.165, 1.54) is 6.92 Å². The van der Waals surface area contributed by atoms with Gasteiger partial charge in [-0.25, -0.2) is 0 Å². The summed E-state index contributed by atoms with van der Waals surface area (Å²) < 4.78 is 5.28. The quantitative estimate of drug-likeness (QED) is 0.209. The van der Waals surface area contributed by atoms with Gasteiger partial charge in [0.2, 0.25) is 23.6 Å². The summed E-state index contributed by atoms with van der Waals surface area (Å²) in [6.07, 6.45) is 0.436. The van der Waals surface area contributed by atoms with Crippen LogP contribution in [0.5, 0.6) is 0 Å². The molecule has 0 saturated heterocycles. The molecule has 11 heteroatoms. The molecule has 0 saturated carbocycles. The summed E-state index contributed by atoms with van der Waals surface area (Å²) in [5.41, 5.74) is 12.0. The second-order valence-corrected chi connectivity index (χ2v) is 9.65. The second kappa shape index (κ2) is 15.6. The van der Waals surface area contributed by atoms with Crippen molar-refractivity contribution in [2.24, 2.45) is 23.3 Å². The maximum atomic E-state index is 13.2. The van der Waals surface area contributed by atoms with Gasteiger partial charge in [0, 0.05) is 0 Å². The lowest BCUT2D eigenvalue weighted by atomic mass is 9.97. The number of carbonyl (C=O) groups excluding carboxylic acids is 5. The zero-order chi connectivity index (χ0) is 28.1. The van der Waals surface area contributed by atoms with E-state index < -0.39 is 60.2 Å². The van der Waals surface area contributed by atoms with Gasteiger partial charge in [0.25, 0.3) is 0 Å². The van der Waals surface area contributed by atoms with Crippen LogP contribution in [-0.4, -0.2) is 53.8 Å². The van der Waals surface area contributed by atoms with Crippen LogP contribution in [0.15, 0.2) is 30.3 Å². The van der Waals surface area contributed by atoms with Crippen molar-refractivity contribution in [2.75, 3.05) is 0 Å². The minimum atomic E-state index is -1.33. The summed E-state index contributed by atoms with van der Waals surface area (Å²) in [6.45, 7) is 8.82. The summed E-state index contributed by atoms with van der Waals surface area (Å²) in [5.74, 6) is -3.60. The van der Waals surface area contributed by atoms with Crippen LogP contribution in [0.1, 0.15) is 59.4 Å². The van der Waals surface area contributed by atoms with Crippen LogP contribution in [-0.2, 0) is 35.3 Å². The molecule has 0 aliphatic rings. The fourth-order valence-corrected chi connectivity index (χ4v) is 3.40. The molecule has 0 fully saturated rings. The van der Waals surface area contributed by atoms with Crippen molar-refractivity contribution < 1.29 is 28.7 Å². The predicted molar refractivity (Wildman–Crippen MR) is 138 cm³/mol.